The van der Waals surface area contributed by atoms with E-state index >= 15 is 0 Å². The Morgan fingerprint density at radius 3 is 3.00 bits per heavy atom. The highest BCUT2D eigenvalue weighted by Gasteiger charge is 2.33. The Morgan fingerprint density at radius 2 is 2.26 bits per heavy atom. The van der Waals surface area contributed by atoms with Crippen molar-refractivity contribution in [2.75, 3.05) is 6.61 Å². The van der Waals surface area contributed by atoms with E-state index in [4.69, 9.17) is 4.74 Å². The first-order chi connectivity index (χ1) is 9.29. The summed E-state index contributed by atoms with van der Waals surface area (Å²) in [5.74, 6) is 0.222. The zero-order chi connectivity index (χ0) is 13.2. The van der Waals surface area contributed by atoms with Gasteiger partial charge in [-0.1, -0.05) is 0 Å². The van der Waals surface area contributed by atoms with Crippen LogP contribution in [-0.2, 0) is 16.0 Å². The summed E-state index contributed by atoms with van der Waals surface area (Å²) in [4.78, 5) is 25.9. The molecule has 1 unspecified atom stereocenters. The van der Waals surface area contributed by atoms with Crippen molar-refractivity contribution in [3.8, 4) is 10.8 Å². The lowest BCUT2D eigenvalue weighted by Crippen LogP contribution is -2.14. The van der Waals surface area contributed by atoms with Crippen molar-refractivity contribution in [1.29, 1.82) is 0 Å². The van der Waals surface area contributed by atoms with Crippen molar-refractivity contribution >= 4 is 17.3 Å². The Kier molecular flexibility index (Phi) is 3.25. The summed E-state index contributed by atoms with van der Waals surface area (Å²) < 4.78 is 5.09. The van der Waals surface area contributed by atoms with Crippen molar-refractivity contribution in [1.82, 2.24) is 15.0 Å². The standard InChI is InChI=1S/C13H13N3O2S/c1-2-18-13(17)8-4-5-9-10(8)16-12(19-9)11-14-6-3-7-15-11/h3,6-8H,2,4-5H2,1H3. The molecule has 0 aromatic carbocycles. The fourth-order valence-corrected chi connectivity index (χ4v) is 3.29. The number of aryl methyl sites for hydroxylation is 1. The van der Waals surface area contributed by atoms with Gasteiger partial charge in [-0.25, -0.2) is 15.0 Å². The molecule has 0 radical (unpaired) electrons. The van der Waals surface area contributed by atoms with Gasteiger partial charge < -0.3 is 4.74 Å². The smallest absolute Gasteiger partial charge is 0.315 e. The molecule has 0 aliphatic heterocycles. The summed E-state index contributed by atoms with van der Waals surface area (Å²) in [6.45, 7) is 2.22. The first-order valence-electron chi connectivity index (χ1n) is 6.23. The zero-order valence-electron chi connectivity index (χ0n) is 10.5. The summed E-state index contributed by atoms with van der Waals surface area (Å²) in [6.07, 6.45) is 5.06. The van der Waals surface area contributed by atoms with Crippen LogP contribution in [0.25, 0.3) is 10.8 Å². The van der Waals surface area contributed by atoms with Gasteiger partial charge in [0.15, 0.2) is 10.8 Å². The summed E-state index contributed by atoms with van der Waals surface area (Å²) >= 11 is 1.57. The zero-order valence-corrected chi connectivity index (χ0v) is 11.3. The minimum absolute atomic E-state index is 0.174. The number of ether oxygens (including phenoxy) is 1. The van der Waals surface area contributed by atoms with Crippen molar-refractivity contribution in [2.24, 2.45) is 0 Å². The molecule has 1 aliphatic carbocycles. The Labute approximate surface area is 114 Å². The second kappa shape index (κ2) is 5.05. The number of fused-ring (bicyclic) bond motifs is 1. The van der Waals surface area contributed by atoms with Crippen LogP contribution in [0.2, 0.25) is 0 Å². The molecule has 6 heteroatoms. The molecule has 0 amide bonds. The van der Waals surface area contributed by atoms with Crippen LogP contribution in [0.4, 0.5) is 0 Å². The number of hydrogen-bond acceptors (Lipinski definition) is 6. The van der Waals surface area contributed by atoms with Gasteiger partial charge >= 0.3 is 5.97 Å². The SMILES string of the molecule is CCOC(=O)C1CCc2sc(-c3ncccn3)nc21. The fraction of sp³-hybridized carbons (Fsp3) is 0.385. The highest BCUT2D eigenvalue weighted by molar-refractivity contribution is 7.15. The molecular formula is C13H13N3O2S. The van der Waals surface area contributed by atoms with Crippen LogP contribution < -0.4 is 0 Å². The molecule has 2 aromatic heterocycles. The van der Waals surface area contributed by atoms with E-state index in [2.05, 4.69) is 15.0 Å². The van der Waals surface area contributed by atoms with Crippen LogP contribution >= 0.6 is 11.3 Å². The molecule has 0 bridgehead atoms. The van der Waals surface area contributed by atoms with Gasteiger partial charge in [-0.05, 0) is 25.8 Å². The minimum atomic E-state index is -0.219. The summed E-state index contributed by atoms with van der Waals surface area (Å²) in [5.41, 5.74) is 0.853. The molecule has 2 aromatic rings. The number of carbonyl (C=O) groups excluding carboxylic acids is 1. The Hall–Kier alpha value is -1.82. The Morgan fingerprint density at radius 1 is 1.47 bits per heavy atom. The number of thiazole rings is 1. The lowest BCUT2D eigenvalue weighted by Gasteiger charge is -2.07. The van der Waals surface area contributed by atoms with E-state index in [1.54, 1.807) is 29.8 Å². The van der Waals surface area contributed by atoms with Gasteiger partial charge in [-0.3, -0.25) is 4.79 Å². The predicted molar refractivity (Wildman–Crippen MR) is 70.8 cm³/mol. The summed E-state index contributed by atoms with van der Waals surface area (Å²) in [7, 11) is 0. The van der Waals surface area contributed by atoms with Crippen LogP contribution in [-0.4, -0.2) is 27.5 Å². The fourth-order valence-electron chi connectivity index (χ4n) is 2.20. The topological polar surface area (TPSA) is 65.0 Å². The van der Waals surface area contributed by atoms with Gasteiger partial charge in [0.05, 0.1) is 12.3 Å². The van der Waals surface area contributed by atoms with E-state index in [-0.39, 0.29) is 11.9 Å². The highest BCUT2D eigenvalue weighted by Crippen LogP contribution is 2.39. The maximum Gasteiger partial charge on any atom is 0.315 e. The van der Waals surface area contributed by atoms with E-state index in [0.717, 1.165) is 28.4 Å². The second-order valence-corrected chi connectivity index (χ2v) is 5.33. The Bertz CT molecular complexity index is 597. The maximum absolute atomic E-state index is 11.9. The van der Waals surface area contributed by atoms with Gasteiger partial charge in [0.25, 0.3) is 0 Å². The van der Waals surface area contributed by atoms with E-state index in [0.29, 0.717) is 12.4 Å². The monoisotopic (exact) mass is 275 g/mol. The first-order valence-corrected chi connectivity index (χ1v) is 7.05. The molecule has 5 nitrogen and oxygen atoms in total. The molecule has 98 valence electrons. The van der Waals surface area contributed by atoms with E-state index in [1.165, 1.54) is 0 Å². The minimum Gasteiger partial charge on any atom is -0.465 e. The molecule has 0 saturated heterocycles. The number of hydrogen-bond donors (Lipinski definition) is 0. The molecule has 1 aliphatic rings. The molecule has 19 heavy (non-hydrogen) atoms. The summed E-state index contributed by atoms with van der Waals surface area (Å²) in [5, 5.41) is 0.777. The second-order valence-electron chi connectivity index (χ2n) is 4.24. The molecule has 0 N–H and O–H groups in total. The van der Waals surface area contributed by atoms with Gasteiger partial charge in [0.2, 0.25) is 0 Å². The third kappa shape index (κ3) is 2.23. The molecular weight excluding hydrogens is 262 g/mol. The third-order valence-electron chi connectivity index (χ3n) is 3.05. The van der Waals surface area contributed by atoms with E-state index in [1.807, 2.05) is 6.92 Å². The van der Waals surface area contributed by atoms with Gasteiger partial charge in [-0.2, -0.15) is 0 Å². The van der Waals surface area contributed by atoms with Gasteiger partial charge in [0.1, 0.15) is 5.92 Å². The number of carbonyl (C=O) groups is 1. The maximum atomic E-state index is 11.9. The van der Waals surface area contributed by atoms with Crippen molar-refractivity contribution in [2.45, 2.75) is 25.7 Å². The molecule has 0 fully saturated rings. The van der Waals surface area contributed by atoms with Crippen molar-refractivity contribution in [3.05, 3.63) is 29.0 Å². The van der Waals surface area contributed by atoms with Crippen LogP contribution in [0.15, 0.2) is 18.5 Å². The predicted octanol–water partition coefficient (Wildman–Crippen LogP) is 2.19. The average Bonchev–Trinajstić information content (AvgIpc) is 2.99. The number of rotatable bonds is 3. The number of aromatic nitrogens is 3. The van der Waals surface area contributed by atoms with Crippen molar-refractivity contribution < 1.29 is 9.53 Å². The molecule has 2 heterocycles. The average molecular weight is 275 g/mol. The van der Waals surface area contributed by atoms with Gasteiger partial charge in [-0.15, -0.1) is 11.3 Å². The van der Waals surface area contributed by atoms with E-state index < -0.39 is 0 Å². The third-order valence-corrected chi connectivity index (χ3v) is 4.17. The number of esters is 1. The van der Waals surface area contributed by atoms with Gasteiger partial charge in [0, 0.05) is 17.3 Å². The lowest BCUT2D eigenvalue weighted by molar-refractivity contribution is -0.145. The first kappa shape index (κ1) is 12.2. The van der Waals surface area contributed by atoms with Crippen LogP contribution in [0.5, 0.6) is 0 Å². The Balaban J connectivity index is 1.91. The quantitative estimate of drug-likeness (QED) is 0.803. The van der Waals surface area contributed by atoms with E-state index in [9.17, 15) is 4.79 Å². The molecule has 3 rings (SSSR count). The summed E-state index contributed by atoms with van der Waals surface area (Å²) in [6, 6.07) is 1.77. The van der Waals surface area contributed by atoms with Crippen LogP contribution in [0, 0.1) is 0 Å². The number of nitrogens with zero attached hydrogens (tertiary/aromatic N) is 3. The molecule has 0 saturated carbocycles. The largest absolute Gasteiger partial charge is 0.465 e. The normalized spacial score (nSPS) is 17.2. The highest BCUT2D eigenvalue weighted by atomic mass is 32.1. The van der Waals surface area contributed by atoms with Crippen LogP contribution in [0.1, 0.15) is 29.8 Å². The lowest BCUT2D eigenvalue weighted by atomic mass is 10.1. The van der Waals surface area contributed by atoms with Crippen LogP contribution in [0.3, 0.4) is 0 Å². The van der Waals surface area contributed by atoms with Crippen molar-refractivity contribution in [3.63, 3.8) is 0 Å². The molecule has 0 spiro atoms. The molecule has 1 atom stereocenters.